The Morgan fingerprint density at radius 3 is 2.81 bits per heavy atom. The number of carbonyl (C=O) groups excluding carboxylic acids is 2. The number of nitrogens with one attached hydrogen (secondary N) is 1. The van der Waals surface area contributed by atoms with E-state index in [1.807, 2.05) is 13.0 Å². The number of halogens is 1. The summed E-state index contributed by atoms with van der Waals surface area (Å²) in [5, 5.41) is 3.01. The molecule has 0 saturated heterocycles. The number of amides is 1. The van der Waals surface area contributed by atoms with Crippen LogP contribution in [0.5, 0.6) is 0 Å². The SMILES string of the molecule is Cc1cccc(C(=O)c2cc3c(cc2Cl)NC(=O)C3)c1N. The molecule has 1 aliphatic heterocycles. The number of aryl methyl sites for hydroxylation is 1. The number of rotatable bonds is 2. The zero-order valence-corrected chi connectivity index (χ0v) is 12.1. The second kappa shape index (κ2) is 4.90. The summed E-state index contributed by atoms with van der Waals surface area (Å²) < 4.78 is 0. The van der Waals surface area contributed by atoms with E-state index < -0.39 is 0 Å². The van der Waals surface area contributed by atoms with Gasteiger partial charge >= 0.3 is 0 Å². The quantitative estimate of drug-likeness (QED) is 0.661. The number of anilines is 2. The van der Waals surface area contributed by atoms with Gasteiger partial charge in [0.15, 0.2) is 5.78 Å². The van der Waals surface area contributed by atoms with Crippen LogP contribution in [0.15, 0.2) is 30.3 Å². The van der Waals surface area contributed by atoms with Crippen molar-refractivity contribution in [2.45, 2.75) is 13.3 Å². The predicted octanol–water partition coefficient (Wildman–Crippen LogP) is 2.96. The molecule has 0 spiro atoms. The van der Waals surface area contributed by atoms with Gasteiger partial charge in [-0.05, 0) is 36.2 Å². The van der Waals surface area contributed by atoms with Crippen molar-refractivity contribution in [1.29, 1.82) is 0 Å². The Bertz CT molecular complexity index is 784. The van der Waals surface area contributed by atoms with Gasteiger partial charge in [-0.15, -0.1) is 0 Å². The third kappa shape index (κ3) is 2.28. The number of nitrogen functional groups attached to an aromatic ring is 1. The Balaban J connectivity index is 2.09. The van der Waals surface area contributed by atoms with Crippen LogP contribution < -0.4 is 11.1 Å². The number of hydrogen-bond donors (Lipinski definition) is 2. The smallest absolute Gasteiger partial charge is 0.228 e. The number of nitrogens with two attached hydrogens (primary N) is 1. The van der Waals surface area contributed by atoms with Gasteiger partial charge in [-0.2, -0.15) is 0 Å². The molecule has 0 aliphatic carbocycles. The maximum Gasteiger partial charge on any atom is 0.228 e. The lowest BCUT2D eigenvalue weighted by Gasteiger charge is -2.10. The fourth-order valence-corrected chi connectivity index (χ4v) is 2.70. The molecule has 0 atom stereocenters. The van der Waals surface area contributed by atoms with E-state index in [1.54, 1.807) is 24.3 Å². The first-order chi connectivity index (χ1) is 9.97. The molecular weight excluding hydrogens is 288 g/mol. The Kier molecular flexibility index (Phi) is 3.18. The standard InChI is InChI=1S/C16H13ClN2O2/c1-8-3-2-4-10(15(8)18)16(21)11-5-9-6-14(20)19-13(9)7-12(11)17/h2-5,7H,6,18H2,1H3,(H,19,20). The number of carbonyl (C=O) groups is 2. The number of fused-ring (bicyclic) bond motifs is 1. The molecule has 5 heteroatoms. The van der Waals surface area contributed by atoms with Crippen molar-refractivity contribution < 1.29 is 9.59 Å². The largest absolute Gasteiger partial charge is 0.398 e. The molecule has 2 aromatic carbocycles. The molecule has 4 nitrogen and oxygen atoms in total. The van der Waals surface area contributed by atoms with E-state index in [0.29, 0.717) is 27.5 Å². The van der Waals surface area contributed by atoms with Gasteiger partial charge in [0.1, 0.15) is 0 Å². The summed E-state index contributed by atoms with van der Waals surface area (Å²) in [6.07, 6.45) is 0.260. The third-order valence-corrected chi connectivity index (χ3v) is 3.94. The molecule has 1 heterocycles. The molecule has 0 saturated carbocycles. The molecule has 0 fully saturated rings. The molecule has 3 N–H and O–H groups in total. The van der Waals surface area contributed by atoms with E-state index in [4.69, 9.17) is 17.3 Å². The topological polar surface area (TPSA) is 72.2 Å². The lowest BCUT2D eigenvalue weighted by Crippen LogP contribution is -2.07. The van der Waals surface area contributed by atoms with Crippen molar-refractivity contribution in [1.82, 2.24) is 0 Å². The van der Waals surface area contributed by atoms with Gasteiger partial charge in [0.05, 0.1) is 11.4 Å². The maximum absolute atomic E-state index is 12.7. The van der Waals surface area contributed by atoms with Crippen LogP contribution in [-0.4, -0.2) is 11.7 Å². The highest BCUT2D eigenvalue weighted by atomic mass is 35.5. The molecule has 3 rings (SSSR count). The van der Waals surface area contributed by atoms with Crippen molar-refractivity contribution in [3.05, 3.63) is 57.6 Å². The Morgan fingerprint density at radius 1 is 1.29 bits per heavy atom. The maximum atomic E-state index is 12.7. The van der Waals surface area contributed by atoms with Crippen molar-refractivity contribution >= 4 is 34.7 Å². The highest BCUT2D eigenvalue weighted by Gasteiger charge is 2.23. The van der Waals surface area contributed by atoms with Gasteiger partial charge in [-0.25, -0.2) is 0 Å². The van der Waals surface area contributed by atoms with Crippen LogP contribution in [0.3, 0.4) is 0 Å². The Morgan fingerprint density at radius 2 is 2.05 bits per heavy atom. The minimum Gasteiger partial charge on any atom is -0.398 e. The summed E-state index contributed by atoms with van der Waals surface area (Å²) in [4.78, 5) is 24.1. The fraction of sp³-hybridized carbons (Fsp3) is 0.125. The zero-order valence-electron chi connectivity index (χ0n) is 11.4. The van der Waals surface area contributed by atoms with E-state index in [2.05, 4.69) is 5.32 Å². The van der Waals surface area contributed by atoms with Crippen LogP contribution in [-0.2, 0) is 11.2 Å². The lowest BCUT2D eigenvalue weighted by molar-refractivity contribution is -0.115. The molecule has 1 aliphatic rings. The Labute approximate surface area is 126 Å². The highest BCUT2D eigenvalue weighted by Crippen LogP contribution is 2.32. The molecular formula is C16H13ClN2O2. The predicted molar refractivity (Wildman–Crippen MR) is 82.8 cm³/mol. The Hall–Kier alpha value is -2.33. The monoisotopic (exact) mass is 300 g/mol. The first-order valence-electron chi connectivity index (χ1n) is 6.49. The van der Waals surface area contributed by atoms with Crippen LogP contribution >= 0.6 is 11.6 Å². The minimum atomic E-state index is -0.233. The number of para-hydroxylation sites is 1. The molecule has 0 aromatic heterocycles. The number of hydrogen-bond acceptors (Lipinski definition) is 3. The number of benzene rings is 2. The molecule has 21 heavy (non-hydrogen) atoms. The molecule has 106 valence electrons. The van der Waals surface area contributed by atoms with Gasteiger partial charge in [0, 0.05) is 22.5 Å². The highest BCUT2D eigenvalue weighted by molar-refractivity contribution is 6.35. The van der Waals surface area contributed by atoms with Crippen molar-refractivity contribution in [3.63, 3.8) is 0 Å². The second-order valence-electron chi connectivity index (χ2n) is 5.08. The van der Waals surface area contributed by atoms with Crippen LogP contribution in [0.1, 0.15) is 27.0 Å². The fourth-order valence-electron chi connectivity index (χ4n) is 2.45. The molecule has 0 unspecified atom stereocenters. The average molecular weight is 301 g/mol. The van der Waals surface area contributed by atoms with Crippen molar-refractivity contribution in [2.75, 3.05) is 11.1 Å². The summed E-state index contributed by atoms with van der Waals surface area (Å²) in [7, 11) is 0. The van der Waals surface area contributed by atoms with E-state index in [0.717, 1.165) is 11.1 Å². The van der Waals surface area contributed by atoms with Crippen LogP contribution in [0.25, 0.3) is 0 Å². The molecule has 0 radical (unpaired) electrons. The molecule has 1 amide bonds. The summed E-state index contributed by atoms with van der Waals surface area (Å²) >= 11 is 6.18. The zero-order chi connectivity index (χ0) is 15.1. The van der Waals surface area contributed by atoms with Crippen LogP contribution in [0.2, 0.25) is 5.02 Å². The van der Waals surface area contributed by atoms with Gasteiger partial charge in [0.25, 0.3) is 0 Å². The number of ketones is 1. The normalized spacial score (nSPS) is 13.0. The minimum absolute atomic E-state index is 0.0965. The van der Waals surface area contributed by atoms with E-state index >= 15 is 0 Å². The molecule has 2 aromatic rings. The van der Waals surface area contributed by atoms with Gasteiger partial charge in [-0.1, -0.05) is 23.7 Å². The summed E-state index contributed by atoms with van der Waals surface area (Å²) in [6, 6.07) is 8.59. The summed E-state index contributed by atoms with van der Waals surface area (Å²) in [6.45, 7) is 1.85. The summed E-state index contributed by atoms with van der Waals surface area (Å²) in [5.41, 5.74) is 9.50. The van der Waals surface area contributed by atoms with Gasteiger partial charge < -0.3 is 11.1 Å². The average Bonchev–Trinajstić information content (AvgIpc) is 2.79. The van der Waals surface area contributed by atoms with E-state index in [-0.39, 0.29) is 18.1 Å². The van der Waals surface area contributed by atoms with E-state index in [1.165, 1.54) is 0 Å². The van der Waals surface area contributed by atoms with Gasteiger partial charge in [-0.3, -0.25) is 9.59 Å². The summed E-state index contributed by atoms with van der Waals surface area (Å²) in [5.74, 6) is -0.330. The van der Waals surface area contributed by atoms with Crippen molar-refractivity contribution in [2.24, 2.45) is 0 Å². The van der Waals surface area contributed by atoms with Crippen molar-refractivity contribution in [3.8, 4) is 0 Å². The van der Waals surface area contributed by atoms with Crippen LogP contribution in [0, 0.1) is 6.92 Å². The molecule has 0 bridgehead atoms. The second-order valence-corrected chi connectivity index (χ2v) is 5.49. The van der Waals surface area contributed by atoms with Crippen LogP contribution in [0.4, 0.5) is 11.4 Å². The third-order valence-electron chi connectivity index (χ3n) is 3.63. The lowest BCUT2D eigenvalue weighted by atomic mass is 9.97. The van der Waals surface area contributed by atoms with E-state index in [9.17, 15) is 9.59 Å². The van der Waals surface area contributed by atoms with Gasteiger partial charge in [0.2, 0.25) is 5.91 Å². The first-order valence-corrected chi connectivity index (χ1v) is 6.87. The first kappa shape index (κ1) is 13.6.